The summed E-state index contributed by atoms with van der Waals surface area (Å²) in [6.45, 7) is 2.65. The number of rotatable bonds is 4. The molecular weight excluding hydrogens is 114 g/mol. The molecule has 0 aromatic rings. The van der Waals surface area contributed by atoms with Crippen molar-refractivity contribution >= 4 is 0 Å². The second-order valence-electron chi connectivity index (χ2n) is 1.62. The van der Waals surface area contributed by atoms with Crippen LogP contribution in [-0.4, -0.2) is 6.54 Å². The summed E-state index contributed by atoms with van der Waals surface area (Å²) in [5.74, 6) is 0. The second kappa shape index (κ2) is 7.05. The van der Waals surface area contributed by atoms with Gasteiger partial charge in [0.25, 0.3) is 0 Å². The van der Waals surface area contributed by atoms with Crippen molar-refractivity contribution in [2.45, 2.75) is 19.8 Å². The molecule has 0 bridgehead atoms. The summed E-state index contributed by atoms with van der Waals surface area (Å²) in [7, 11) is 0. The van der Waals surface area contributed by atoms with E-state index in [0.29, 0.717) is 6.54 Å². The van der Waals surface area contributed by atoms with Gasteiger partial charge in [-0.25, -0.2) is 0 Å². The van der Waals surface area contributed by atoms with Crippen molar-refractivity contribution in [3.05, 3.63) is 22.6 Å². The van der Waals surface area contributed by atoms with Crippen LogP contribution in [0.1, 0.15) is 19.8 Å². The first-order valence-electron chi connectivity index (χ1n) is 3.07. The number of hydrogen-bond donors (Lipinski definition) is 0. The van der Waals surface area contributed by atoms with E-state index in [1.165, 1.54) is 0 Å². The molecule has 0 atom stereocenters. The van der Waals surface area contributed by atoms with Crippen molar-refractivity contribution in [1.82, 2.24) is 0 Å². The monoisotopic (exact) mass is 125 g/mol. The smallest absolute Gasteiger partial charge is 0.0292 e. The zero-order chi connectivity index (χ0) is 6.95. The molecule has 50 valence electrons. The highest BCUT2D eigenvalue weighted by Crippen LogP contribution is 1.86. The Kier molecular flexibility index (Phi) is 6.31. The van der Waals surface area contributed by atoms with Gasteiger partial charge in [-0.1, -0.05) is 24.2 Å². The maximum absolute atomic E-state index is 7.86. The van der Waals surface area contributed by atoms with Crippen LogP contribution in [0.3, 0.4) is 0 Å². The van der Waals surface area contributed by atoms with Gasteiger partial charge in [-0.05, 0) is 18.4 Å². The predicted molar refractivity (Wildman–Crippen MR) is 38.1 cm³/mol. The molecule has 0 unspecified atom stereocenters. The van der Waals surface area contributed by atoms with Crippen molar-refractivity contribution in [1.29, 1.82) is 0 Å². The van der Waals surface area contributed by atoms with Gasteiger partial charge >= 0.3 is 0 Å². The zero-order valence-corrected chi connectivity index (χ0v) is 5.62. The van der Waals surface area contributed by atoms with Crippen LogP contribution in [0.4, 0.5) is 0 Å². The van der Waals surface area contributed by atoms with E-state index in [4.69, 9.17) is 5.53 Å². The zero-order valence-electron chi connectivity index (χ0n) is 5.62. The lowest BCUT2D eigenvalue weighted by atomic mass is 10.3. The van der Waals surface area contributed by atoms with Crippen molar-refractivity contribution in [2.75, 3.05) is 6.54 Å². The number of allylic oxidation sites excluding steroid dienone is 1. The standard InChI is InChI=1S/C6H11N3/c1-2-3-4-5-6-8-9-7/h3-4H,2,5-6H2,1H3/b4-3+. The fraction of sp³-hybridized carbons (Fsp3) is 0.667. The summed E-state index contributed by atoms with van der Waals surface area (Å²) in [4.78, 5) is 2.62. The maximum Gasteiger partial charge on any atom is 0.0292 e. The number of nitrogens with zero attached hydrogens (tertiary/aromatic N) is 3. The summed E-state index contributed by atoms with van der Waals surface area (Å²) < 4.78 is 0. The molecule has 0 rings (SSSR count). The summed E-state index contributed by atoms with van der Waals surface area (Å²) in [5.41, 5.74) is 7.86. The summed E-state index contributed by atoms with van der Waals surface area (Å²) in [6, 6.07) is 0. The Balaban J connectivity index is 3.08. The Morgan fingerprint density at radius 3 is 2.89 bits per heavy atom. The molecule has 3 heteroatoms. The SMILES string of the molecule is CC/C=C/CCN=[N+]=[N-]. The maximum atomic E-state index is 7.86. The first-order valence-corrected chi connectivity index (χ1v) is 3.07. The Labute approximate surface area is 55.0 Å². The van der Waals surface area contributed by atoms with E-state index in [-0.39, 0.29) is 0 Å². The summed E-state index contributed by atoms with van der Waals surface area (Å²) in [6.07, 6.45) is 6.00. The van der Waals surface area contributed by atoms with Gasteiger partial charge in [0.2, 0.25) is 0 Å². The summed E-state index contributed by atoms with van der Waals surface area (Å²) >= 11 is 0. The van der Waals surface area contributed by atoms with Gasteiger partial charge in [0, 0.05) is 11.5 Å². The van der Waals surface area contributed by atoms with E-state index in [0.717, 1.165) is 12.8 Å². The molecule has 0 aromatic heterocycles. The molecule has 0 saturated carbocycles. The molecule has 0 saturated heterocycles. The molecule has 0 spiro atoms. The normalized spacial score (nSPS) is 9.44. The molecule has 9 heavy (non-hydrogen) atoms. The lowest BCUT2D eigenvalue weighted by Gasteiger charge is -1.80. The van der Waals surface area contributed by atoms with Crippen molar-refractivity contribution in [3.63, 3.8) is 0 Å². The van der Waals surface area contributed by atoms with Crippen LogP contribution in [0, 0.1) is 0 Å². The van der Waals surface area contributed by atoms with E-state index in [1.807, 2.05) is 6.08 Å². The Hall–Kier alpha value is -0.950. The second-order valence-corrected chi connectivity index (χ2v) is 1.62. The van der Waals surface area contributed by atoms with E-state index >= 15 is 0 Å². The van der Waals surface area contributed by atoms with E-state index in [1.54, 1.807) is 0 Å². The van der Waals surface area contributed by atoms with Crippen molar-refractivity contribution in [2.24, 2.45) is 5.11 Å². The third-order valence-corrected chi connectivity index (χ3v) is 0.861. The van der Waals surface area contributed by atoms with Crippen molar-refractivity contribution in [3.8, 4) is 0 Å². The van der Waals surface area contributed by atoms with Crippen molar-refractivity contribution < 1.29 is 0 Å². The summed E-state index contributed by atoms with van der Waals surface area (Å²) in [5, 5.41) is 3.37. The first kappa shape index (κ1) is 8.05. The van der Waals surface area contributed by atoms with Crippen LogP contribution in [0.5, 0.6) is 0 Å². The van der Waals surface area contributed by atoms with Gasteiger partial charge in [0.05, 0.1) is 0 Å². The first-order chi connectivity index (χ1) is 4.41. The quantitative estimate of drug-likeness (QED) is 0.182. The van der Waals surface area contributed by atoms with Crippen LogP contribution < -0.4 is 0 Å². The third kappa shape index (κ3) is 7.05. The molecule has 0 N–H and O–H groups in total. The fourth-order valence-corrected chi connectivity index (χ4v) is 0.462. The molecular formula is C6H11N3. The molecule has 0 aliphatic rings. The molecule has 0 aromatic carbocycles. The molecule has 0 aliphatic carbocycles. The van der Waals surface area contributed by atoms with Gasteiger partial charge in [-0.3, -0.25) is 0 Å². The molecule has 0 heterocycles. The molecule has 0 amide bonds. The van der Waals surface area contributed by atoms with Crippen LogP contribution in [-0.2, 0) is 0 Å². The van der Waals surface area contributed by atoms with Crippen LogP contribution in [0.2, 0.25) is 0 Å². The topological polar surface area (TPSA) is 48.8 Å². The number of hydrogen-bond acceptors (Lipinski definition) is 1. The van der Waals surface area contributed by atoms with Gasteiger partial charge in [0.15, 0.2) is 0 Å². The Morgan fingerprint density at radius 2 is 2.33 bits per heavy atom. The van der Waals surface area contributed by atoms with Crippen LogP contribution >= 0.6 is 0 Å². The highest BCUT2D eigenvalue weighted by atomic mass is 15.1. The van der Waals surface area contributed by atoms with Crippen LogP contribution in [0.15, 0.2) is 17.3 Å². The van der Waals surface area contributed by atoms with E-state index in [2.05, 4.69) is 23.0 Å². The van der Waals surface area contributed by atoms with Gasteiger partial charge in [0.1, 0.15) is 0 Å². The lowest BCUT2D eigenvalue weighted by Crippen LogP contribution is -1.71. The minimum atomic E-state index is 0.576. The minimum absolute atomic E-state index is 0.576. The number of azide groups is 1. The highest BCUT2D eigenvalue weighted by Gasteiger charge is 1.73. The molecule has 0 aliphatic heterocycles. The van der Waals surface area contributed by atoms with E-state index < -0.39 is 0 Å². The molecule has 3 nitrogen and oxygen atoms in total. The van der Waals surface area contributed by atoms with E-state index in [9.17, 15) is 0 Å². The third-order valence-electron chi connectivity index (χ3n) is 0.861. The van der Waals surface area contributed by atoms with Gasteiger partial charge in [-0.2, -0.15) is 0 Å². The predicted octanol–water partition coefficient (Wildman–Crippen LogP) is 2.65. The van der Waals surface area contributed by atoms with Crippen LogP contribution in [0.25, 0.3) is 10.4 Å². The Bertz CT molecular complexity index is 122. The molecule has 0 fully saturated rings. The fourth-order valence-electron chi connectivity index (χ4n) is 0.462. The Morgan fingerprint density at radius 1 is 1.56 bits per heavy atom. The highest BCUT2D eigenvalue weighted by molar-refractivity contribution is 4.80. The molecule has 0 radical (unpaired) electrons. The van der Waals surface area contributed by atoms with Gasteiger partial charge in [-0.15, -0.1) is 0 Å². The lowest BCUT2D eigenvalue weighted by molar-refractivity contribution is 0.984. The average molecular weight is 125 g/mol. The van der Waals surface area contributed by atoms with Gasteiger partial charge < -0.3 is 0 Å². The largest absolute Gasteiger partial charge is 0.0937 e. The average Bonchev–Trinajstić information content (AvgIpc) is 1.89. The minimum Gasteiger partial charge on any atom is -0.0937 e.